The lowest BCUT2D eigenvalue weighted by Crippen LogP contribution is -2.43. The maximum Gasteiger partial charge on any atom is 0.324 e. The summed E-state index contributed by atoms with van der Waals surface area (Å²) in [5.74, 6) is -2.23. The SMILES string of the molecule is Cc1ccc(S(=O)(=O)N[C@@H](CO)C(=O)O)cc1F. The fraction of sp³-hybridized carbons (Fsp3) is 0.300. The van der Waals surface area contributed by atoms with E-state index in [1.165, 1.54) is 13.0 Å². The molecule has 1 rings (SSSR count). The zero-order valence-electron chi connectivity index (χ0n) is 9.42. The van der Waals surface area contributed by atoms with Crippen molar-refractivity contribution >= 4 is 16.0 Å². The Morgan fingerprint density at radius 3 is 2.56 bits per heavy atom. The molecule has 0 aliphatic heterocycles. The second-order valence-electron chi connectivity index (χ2n) is 3.61. The van der Waals surface area contributed by atoms with Gasteiger partial charge in [0.25, 0.3) is 0 Å². The lowest BCUT2D eigenvalue weighted by atomic mass is 10.2. The van der Waals surface area contributed by atoms with Crippen molar-refractivity contribution in [2.24, 2.45) is 0 Å². The van der Waals surface area contributed by atoms with Crippen LogP contribution in [0.5, 0.6) is 0 Å². The molecule has 0 aliphatic carbocycles. The molecule has 0 aliphatic rings. The fourth-order valence-corrected chi connectivity index (χ4v) is 2.35. The Hall–Kier alpha value is -1.51. The predicted octanol–water partition coefficient (Wildman–Crippen LogP) is -0.142. The lowest BCUT2D eigenvalue weighted by Gasteiger charge is -2.12. The molecule has 0 saturated heterocycles. The highest BCUT2D eigenvalue weighted by atomic mass is 32.2. The van der Waals surface area contributed by atoms with Crippen molar-refractivity contribution in [3.8, 4) is 0 Å². The number of hydrogen-bond donors (Lipinski definition) is 3. The molecule has 100 valence electrons. The molecule has 0 amide bonds. The van der Waals surface area contributed by atoms with Crippen LogP contribution in [0.25, 0.3) is 0 Å². The van der Waals surface area contributed by atoms with Crippen LogP contribution in [0.2, 0.25) is 0 Å². The van der Waals surface area contributed by atoms with Crippen molar-refractivity contribution in [3.05, 3.63) is 29.6 Å². The van der Waals surface area contributed by atoms with Crippen LogP contribution in [0.4, 0.5) is 4.39 Å². The van der Waals surface area contributed by atoms with Crippen LogP contribution in [0.15, 0.2) is 23.1 Å². The number of aryl methyl sites for hydroxylation is 1. The van der Waals surface area contributed by atoms with Crippen molar-refractivity contribution in [1.29, 1.82) is 0 Å². The molecule has 0 aromatic heterocycles. The van der Waals surface area contributed by atoms with Gasteiger partial charge in [-0.05, 0) is 24.6 Å². The summed E-state index contributed by atoms with van der Waals surface area (Å²) in [4.78, 5) is 10.2. The second kappa shape index (κ2) is 5.42. The van der Waals surface area contributed by atoms with Gasteiger partial charge in [-0.1, -0.05) is 6.07 Å². The third-order valence-electron chi connectivity index (χ3n) is 2.23. The molecule has 1 atom stereocenters. The van der Waals surface area contributed by atoms with Crippen LogP contribution >= 0.6 is 0 Å². The van der Waals surface area contributed by atoms with E-state index < -0.39 is 39.4 Å². The third-order valence-corrected chi connectivity index (χ3v) is 3.70. The number of sulfonamides is 1. The number of carboxylic acids is 1. The van der Waals surface area contributed by atoms with Crippen LogP contribution in [0.1, 0.15) is 5.56 Å². The van der Waals surface area contributed by atoms with E-state index in [-0.39, 0.29) is 5.56 Å². The summed E-state index contributed by atoms with van der Waals surface area (Å²) in [5.41, 5.74) is 0.269. The summed E-state index contributed by atoms with van der Waals surface area (Å²) in [5, 5.41) is 17.3. The van der Waals surface area contributed by atoms with Gasteiger partial charge in [0.1, 0.15) is 11.9 Å². The van der Waals surface area contributed by atoms with Gasteiger partial charge >= 0.3 is 5.97 Å². The molecule has 0 fully saturated rings. The smallest absolute Gasteiger partial charge is 0.324 e. The van der Waals surface area contributed by atoms with Gasteiger partial charge in [-0.3, -0.25) is 4.79 Å². The summed E-state index contributed by atoms with van der Waals surface area (Å²) < 4.78 is 38.4. The average molecular weight is 277 g/mol. The maximum atomic E-state index is 13.2. The van der Waals surface area contributed by atoms with Crippen molar-refractivity contribution in [1.82, 2.24) is 4.72 Å². The zero-order valence-corrected chi connectivity index (χ0v) is 10.2. The molecule has 0 saturated carbocycles. The topological polar surface area (TPSA) is 104 Å². The van der Waals surface area contributed by atoms with E-state index in [0.717, 1.165) is 12.1 Å². The number of benzene rings is 1. The van der Waals surface area contributed by atoms with E-state index >= 15 is 0 Å². The van der Waals surface area contributed by atoms with Crippen molar-refractivity contribution < 1.29 is 27.8 Å². The molecular weight excluding hydrogens is 265 g/mol. The summed E-state index contributed by atoms with van der Waals surface area (Å²) in [6.45, 7) is 0.565. The van der Waals surface area contributed by atoms with Gasteiger partial charge in [-0.25, -0.2) is 12.8 Å². The molecule has 0 radical (unpaired) electrons. The summed E-state index contributed by atoms with van der Waals surface area (Å²) in [6, 6.07) is 1.53. The quantitative estimate of drug-likeness (QED) is 0.695. The van der Waals surface area contributed by atoms with E-state index in [2.05, 4.69) is 0 Å². The first-order valence-corrected chi connectivity index (χ1v) is 6.38. The Labute approximate surface area is 103 Å². The van der Waals surface area contributed by atoms with Crippen LogP contribution < -0.4 is 4.72 Å². The minimum atomic E-state index is -4.19. The number of halogens is 1. The number of carboxylic acid groups (broad SMARTS) is 1. The molecular formula is C10H12FNO5S. The van der Waals surface area contributed by atoms with Gasteiger partial charge in [-0.2, -0.15) is 4.72 Å². The van der Waals surface area contributed by atoms with E-state index in [1.54, 1.807) is 4.72 Å². The maximum absolute atomic E-state index is 13.2. The minimum absolute atomic E-state index is 0.269. The zero-order chi connectivity index (χ0) is 13.9. The number of carbonyl (C=O) groups is 1. The highest BCUT2D eigenvalue weighted by Crippen LogP contribution is 2.14. The molecule has 3 N–H and O–H groups in total. The van der Waals surface area contributed by atoms with Crippen molar-refractivity contribution in [2.75, 3.05) is 6.61 Å². The van der Waals surface area contributed by atoms with Gasteiger partial charge in [0.05, 0.1) is 11.5 Å². The number of aliphatic hydroxyl groups is 1. The van der Waals surface area contributed by atoms with Gasteiger partial charge in [0.2, 0.25) is 10.0 Å². The number of hydrogen-bond acceptors (Lipinski definition) is 4. The normalized spacial score (nSPS) is 13.3. The Kier molecular flexibility index (Phi) is 4.38. The van der Waals surface area contributed by atoms with E-state index in [0.29, 0.717) is 0 Å². The number of nitrogens with one attached hydrogen (secondary N) is 1. The molecule has 6 nitrogen and oxygen atoms in total. The second-order valence-corrected chi connectivity index (χ2v) is 5.32. The molecule has 8 heteroatoms. The molecule has 1 aromatic carbocycles. The number of aliphatic hydroxyl groups excluding tert-OH is 1. The summed E-state index contributed by atoms with van der Waals surface area (Å²) >= 11 is 0. The average Bonchev–Trinajstić information content (AvgIpc) is 2.29. The highest BCUT2D eigenvalue weighted by molar-refractivity contribution is 7.89. The van der Waals surface area contributed by atoms with Gasteiger partial charge in [0.15, 0.2) is 0 Å². The molecule has 0 unspecified atom stereocenters. The molecule has 18 heavy (non-hydrogen) atoms. The van der Waals surface area contributed by atoms with Crippen molar-refractivity contribution in [2.45, 2.75) is 17.9 Å². The fourth-order valence-electron chi connectivity index (χ4n) is 1.16. The van der Waals surface area contributed by atoms with Gasteiger partial charge in [-0.15, -0.1) is 0 Å². The summed E-state index contributed by atoms with van der Waals surface area (Å²) in [6.07, 6.45) is 0. The summed E-state index contributed by atoms with van der Waals surface area (Å²) in [7, 11) is -4.19. The van der Waals surface area contributed by atoms with Crippen LogP contribution in [-0.2, 0) is 14.8 Å². The Morgan fingerprint density at radius 1 is 1.50 bits per heavy atom. The number of rotatable bonds is 5. The van der Waals surface area contributed by atoms with Crippen LogP contribution in [-0.4, -0.2) is 37.2 Å². The standard InChI is InChI=1S/C10H12FNO5S/c1-6-2-3-7(4-8(6)11)18(16,17)12-9(5-13)10(14)15/h2-4,9,12-13H,5H2,1H3,(H,14,15)/t9-/m0/s1. The van der Waals surface area contributed by atoms with Gasteiger partial charge < -0.3 is 10.2 Å². The Bertz CT molecular complexity index is 557. The minimum Gasteiger partial charge on any atom is -0.480 e. The Morgan fingerprint density at radius 2 is 2.11 bits per heavy atom. The first-order chi connectivity index (χ1) is 8.27. The van der Waals surface area contributed by atoms with E-state index in [1.807, 2.05) is 0 Å². The van der Waals surface area contributed by atoms with Crippen LogP contribution in [0.3, 0.4) is 0 Å². The highest BCUT2D eigenvalue weighted by Gasteiger charge is 2.25. The van der Waals surface area contributed by atoms with E-state index in [4.69, 9.17) is 10.2 Å². The van der Waals surface area contributed by atoms with Gasteiger partial charge in [0, 0.05) is 0 Å². The lowest BCUT2D eigenvalue weighted by molar-refractivity contribution is -0.139. The first kappa shape index (κ1) is 14.6. The third kappa shape index (κ3) is 3.25. The molecule has 0 spiro atoms. The monoisotopic (exact) mass is 277 g/mol. The molecule has 1 aromatic rings. The molecule has 0 heterocycles. The molecule has 0 bridgehead atoms. The van der Waals surface area contributed by atoms with Crippen LogP contribution in [0, 0.1) is 12.7 Å². The number of aliphatic carboxylic acids is 1. The Balaban J connectivity index is 3.06. The van der Waals surface area contributed by atoms with E-state index in [9.17, 15) is 17.6 Å². The predicted molar refractivity (Wildman–Crippen MR) is 60.0 cm³/mol. The first-order valence-electron chi connectivity index (χ1n) is 4.90. The van der Waals surface area contributed by atoms with Crippen molar-refractivity contribution in [3.63, 3.8) is 0 Å². The largest absolute Gasteiger partial charge is 0.480 e.